The van der Waals surface area contributed by atoms with Crippen LogP contribution in [0.1, 0.15) is 17.7 Å². The van der Waals surface area contributed by atoms with Crippen molar-refractivity contribution < 1.29 is 9.32 Å². The molecular formula is C14H16BrN3O2. The molecule has 1 heterocycles. The maximum atomic E-state index is 11.8. The molecule has 0 atom stereocenters. The van der Waals surface area contributed by atoms with E-state index in [0.717, 1.165) is 21.5 Å². The second-order valence-corrected chi connectivity index (χ2v) is 5.37. The van der Waals surface area contributed by atoms with Gasteiger partial charge in [-0.2, -0.15) is 0 Å². The fourth-order valence-corrected chi connectivity index (χ4v) is 2.03. The Labute approximate surface area is 125 Å². The van der Waals surface area contributed by atoms with Crippen molar-refractivity contribution in [3.05, 3.63) is 40.1 Å². The fraction of sp³-hybridized carbons (Fsp3) is 0.286. The van der Waals surface area contributed by atoms with E-state index in [-0.39, 0.29) is 5.91 Å². The molecule has 0 aliphatic carbocycles. The van der Waals surface area contributed by atoms with Gasteiger partial charge in [-0.15, -0.1) is 0 Å². The number of halogens is 1. The van der Waals surface area contributed by atoms with E-state index in [1.165, 1.54) is 0 Å². The number of aromatic nitrogens is 1. The number of rotatable bonds is 5. The van der Waals surface area contributed by atoms with E-state index >= 15 is 0 Å². The van der Waals surface area contributed by atoms with Crippen LogP contribution in [-0.4, -0.2) is 17.6 Å². The summed E-state index contributed by atoms with van der Waals surface area (Å²) in [5, 5.41) is 9.67. The Balaban J connectivity index is 1.79. The summed E-state index contributed by atoms with van der Waals surface area (Å²) in [6.45, 7) is 4.32. The Bertz CT molecular complexity index is 610. The van der Waals surface area contributed by atoms with E-state index in [4.69, 9.17) is 4.52 Å². The predicted molar refractivity (Wildman–Crippen MR) is 81.9 cm³/mol. The molecule has 1 aromatic carbocycles. The normalized spacial score (nSPS) is 10.3. The summed E-state index contributed by atoms with van der Waals surface area (Å²) in [5.41, 5.74) is 1.91. The van der Waals surface area contributed by atoms with Crippen molar-refractivity contribution in [2.45, 2.75) is 20.3 Å². The molecule has 6 heteroatoms. The number of aryl methyl sites for hydroxylation is 2. The molecule has 0 spiro atoms. The molecule has 20 heavy (non-hydrogen) atoms. The highest BCUT2D eigenvalue weighted by Gasteiger charge is 2.05. The van der Waals surface area contributed by atoms with E-state index < -0.39 is 0 Å². The molecule has 106 valence electrons. The third kappa shape index (κ3) is 4.09. The topological polar surface area (TPSA) is 67.2 Å². The SMILES string of the molecule is Cc1cc(NCCC(=O)Nc2ccc(C)c(Br)c2)no1. The molecule has 1 aromatic heterocycles. The summed E-state index contributed by atoms with van der Waals surface area (Å²) in [6.07, 6.45) is 0.359. The van der Waals surface area contributed by atoms with Gasteiger partial charge >= 0.3 is 0 Å². The molecular weight excluding hydrogens is 322 g/mol. The van der Waals surface area contributed by atoms with Crippen molar-refractivity contribution in [3.63, 3.8) is 0 Å². The first-order valence-corrected chi connectivity index (χ1v) is 7.07. The molecule has 2 aromatic rings. The zero-order valence-corrected chi connectivity index (χ0v) is 13.0. The molecule has 0 aliphatic rings. The molecule has 0 saturated heterocycles. The largest absolute Gasteiger partial charge is 0.367 e. The van der Waals surface area contributed by atoms with E-state index in [1.54, 1.807) is 6.07 Å². The third-order valence-corrected chi connectivity index (χ3v) is 3.60. The molecule has 2 rings (SSSR count). The number of benzene rings is 1. The summed E-state index contributed by atoms with van der Waals surface area (Å²) in [6, 6.07) is 7.51. The van der Waals surface area contributed by atoms with Crippen LogP contribution < -0.4 is 10.6 Å². The summed E-state index contributed by atoms with van der Waals surface area (Å²) >= 11 is 3.44. The van der Waals surface area contributed by atoms with E-state index in [1.807, 2.05) is 32.0 Å². The van der Waals surface area contributed by atoms with Gasteiger partial charge in [-0.05, 0) is 31.5 Å². The molecule has 2 N–H and O–H groups in total. The number of hydrogen-bond donors (Lipinski definition) is 2. The summed E-state index contributed by atoms with van der Waals surface area (Å²) in [5.74, 6) is 1.34. The maximum absolute atomic E-state index is 11.8. The van der Waals surface area contributed by atoms with E-state index in [0.29, 0.717) is 18.8 Å². The van der Waals surface area contributed by atoms with Crippen LogP contribution in [0.5, 0.6) is 0 Å². The summed E-state index contributed by atoms with van der Waals surface area (Å²) < 4.78 is 5.90. The zero-order chi connectivity index (χ0) is 14.5. The van der Waals surface area contributed by atoms with Crippen molar-refractivity contribution in [3.8, 4) is 0 Å². The highest BCUT2D eigenvalue weighted by molar-refractivity contribution is 9.10. The van der Waals surface area contributed by atoms with Gasteiger partial charge in [-0.3, -0.25) is 4.79 Å². The number of anilines is 2. The van der Waals surface area contributed by atoms with Crippen LogP contribution in [0, 0.1) is 13.8 Å². The van der Waals surface area contributed by atoms with E-state index in [9.17, 15) is 4.79 Å². The van der Waals surface area contributed by atoms with Gasteiger partial charge in [-0.1, -0.05) is 27.2 Å². The lowest BCUT2D eigenvalue weighted by Gasteiger charge is -2.07. The lowest BCUT2D eigenvalue weighted by Crippen LogP contribution is -2.16. The lowest BCUT2D eigenvalue weighted by atomic mass is 10.2. The Morgan fingerprint density at radius 1 is 1.35 bits per heavy atom. The minimum atomic E-state index is -0.0477. The van der Waals surface area contributed by atoms with E-state index in [2.05, 4.69) is 31.7 Å². The van der Waals surface area contributed by atoms with Crippen molar-refractivity contribution in [1.82, 2.24) is 5.16 Å². The molecule has 0 fully saturated rings. The number of amides is 1. The van der Waals surface area contributed by atoms with Gasteiger partial charge in [0, 0.05) is 29.2 Å². The number of carbonyl (C=O) groups excluding carboxylic acids is 1. The Kier molecular flexibility index (Phi) is 4.79. The van der Waals surface area contributed by atoms with Gasteiger partial charge in [-0.25, -0.2) is 0 Å². The van der Waals surface area contributed by atoms with Gasteiger partial charge in [0.25, 0.3) is 0 Å². The predicted octanol–water partition coefficient (Wildman–Crippen LogP) is 3.49. The standard InChI is InChI=1S/C14H16BrN3O2/c1-9-3-4-11(8-12(9)15)17-14(19)5-6-16-13-7-10(2)20-18-13/h3-4,7-8H,5-6H2,1-2H3,(H,16,18)(H,17,19). The molecule has 5 nitrogen and oxygen atoms in total. The average molecular weight is 338 g/mol. The molecule has 0 unspecified atom stereocenters. The molecule has 0 saturated carbocycles. The average Bonchev–Trinajstić information content (AvgIpc) is 2.80. The smallest absolute Gasteiger partial charge is 0.226 e. The first-order chi connectivity index (χ1) is 9.54. The number of nitrogens with one attached hydrogen (secondary N) is 2. The molecule has 0 bridgehead atoms. The van der Waals surface area contributed by atoms with Crippen LogP contribution in [-0.2, 0) is 4.79 Å². The Morgan fingerprint density at radius 2 is 2.15 bits per heavy atom. The number of hydrogen-bond acceptors (Lipinski definition) is 4. The van der Waals surface area contributed by atoms with Gasteiger partial charge in [0.1, 0.15) is 5.76 Å². The maximum Gasteiger partial charge on any atom is 0.226 e. The lowest BCUT2D eigenvalue weighted by molar-refractivity contribution is -0.115. The molecule has 0 radical (unpaired) electrons. The Hall–Kier alpha value is -1.82. The third-order valence-electron chi connectivity index (χ3n) is 2.74. The van der Waals surface area contributed by atoms with Gasteiger partial charge in [0.05, 0.1) is 0 Å². The van der Waals surface area contributed by atoms with Gasteiger partial charge < -0.3 is 15.2 Å². The van der Waals surface area contributed by atoms with Crippen LogP contribution in [0.2, 0.25) is 0 Å². The fourth-order valence-electron chi connectivity index (χ4n) is 1.65. The van der Waals surface area contributed by atoms with Crippen LogP contribution >= 0.6 is 15.9 Å². The number of nitrogens with zero attached hydrogens (tertiary/aromatic N) is 1. The van der Waals surface area contributed by atoms with Gasteiger partial charge in [0.2, 0.25) is 5.91 Å². The van der Waals surface area contributed by atoms with Crippen LogP contribution in [0.15, 0.2) is 33.3 Å². The number of carbonyl (C=O) groups is 1. The Morgan fingerprint density at radius 3 is 2.80 bits per heavy atom. The van der Waals surface area contributed by atoms with Gasteiger partial charge in [0.15, 0.2) is 5.82 Å². The van der Waals surface area contributed by atoms with Crippen LogP contribution in [0.4, 0.5) is 11.5 Å². The molecule has 0 aliphatic heterocycles. The van der Waals surface area contributed by atoms with Crippen molar-refractivity contribution in [1.29, 1.82) is 0 Å². The summed E-state index contributed by atoms with van der Waals surface area (Å²) in [4.78, 5) is 11.8. The quantitative estimate of drug-likeness (QED) is 0.876. The van der Waals surface area contributed by atoms with Crippen molar-refractivity contribution >= 4 is 33.3 Å². The molecule has 1 amide bonds. The minimum absolute atomic E-state index is 0.0477. The first-order valence-electron chi connectivity index (χ1n) is 6.28. The first kappa shape index (κ1) is 14.6. The van der Waals surface area contributed by atoms with Crippen molar-refractivity contribution in [2.24, 2.45) is 0 Å². The van der Waals surface area contributed by atoms with Crippen LogP contribution in [0.3, 0.4) is 0 Å². The highest BCUT2D eigenvalue weighted by Crippen LogP contribution is 2.20. The second-order valence-electron chi connectivity index (χ2n) is 4.51. The van der Waals surface area contributed by atoms with Crippen LogP contribution in [0.25, 0.3) is 0 Å². The minimum Gasteiger partial charge on any atom is -0.367 e. The highest BCUT2D eigenvalue weighted by atomic mass is 79.9. The zero-order valence-electron chi connectivity index (χ0n) is 11.4. The summed E-state index contributed by atoms with van der Waals surface area (Å²) in [7, 11) is 0. The van der Waals surface area contributed by atoms with Crippen molar-refractivity contribution in [2.75, 3.05) is 17.2 Å². The monoisotopic (exact) mass is 337 g/mol. The second kappa shape index (κ2) is 6.56.